The Morgan fingerprint density at radius 3 is 2.09 bits per heavy atom. The summed E-state index contributed by atoms with van der Waals surface area (Å²) in [6.07, 6.45) is 8.73. The molecule has 0 aliphatic heterocycles. The molecule has 7 nitrogen and oxygen atoms in total. The van der Waals surface area contributed by atoms with Crippen LogP contribution in [0.1, 0.15) is 60.9 Å². The van der Waals surface area contributed by atoms with E-state index in [2.05, 4.69) is 5.32 Å². The smallest absolute Gasteiger partial charge is 0.255 e. The van der Waals surface area contributed by atoms with E-state index in [1.54, 1.807) is 6.07 Å². The van der Waals surface area contributed by atoms with Crippen molar-refractivity contribution in [3.63, 3.8) is 0 Å². The molecule has 3 N–H and O–H groups in total. The van der Waals surface area contributed by atoms with Gasteiger partial charge in [-0.15, -0.1) is 0 Å². The molecule has 1 aliphatic rings. The van der Waals surface area contributed by atoms with Crippen molar-refractivity contribution in [1.29, 1.82) is 0 Å². The van der Waals surface area contributed by atoms with Crippen molar-refractivity contribution in [2.75, 3.05) is 27.9 Å². The molecule has 0 radical (unpaired) electrons. The van der Waals surface area contributed by atoms with Crippen molar-refractivity contribution in [2.24, 2.45) is 5.73 Å². The van der Waals surface area contributed by atoms with Gasteiger partial charge in [0.15, 0.2) is 11.5 Å². The summed E-state index contributed by atoms with van der Waals surface area (Å²) < 4.78 is 22.9. The van der Waals surface area contributed by atoms with E-state index in [1.807, 2.05) is 24.3 Å². The Labute approximate surface area is 196 Å². The van der Waals surface area contributed by atoms with E-state index in [1.165, 1.54) is 40.6 Å². The monoisotopic (exact) mass is 456 g/mol. The first kappa shape index (κ1) is 24.7. The minimum absolute atomic E-state index is 0.148. The fourth-order valence-corrected chi connectivity index (χ4v) is 4.31. The summed E-state index contributed by atoms with van der Waals surface area (Å²) in [7, 11) is 4.56. The third kappa shape index (κ3) is 6.32. The lowest BCUT2D eigenvalue weighted by Gasteiger charge is -2.23. The van der Waals surface area contributed by atoms with Crippen molar-refractivity contribution >= 4 is 5.91 Å². The minimum Gasteiger partial charge on any atom is -0.492 e. The summed E-state index contributed by atoms with van der Waals surface area (Å²) in [4.78, 5) is 13.3. The summed E-state index contributed by atoms with van der Waals surface area (Å²) in [6.45, 7) is 0.586. The van der Waals surface area contributed by atoms with Gasteiger partial charge in [0.2, 0.25) is 11.5 Å². The number of rotatable bonds is 9. The molecule has 0 heterocycles. The molecule has 1 amide bonds. The first-order chi connectivity index (χ1) is 16.1. The van der Waals surface area contributed by atoms with Gasteiger partial charge in [-0.3, -0.25) is 4.79 Å². The highest BCUT2D eigenvalue weighted by Gasteiger charge is 2.27. The van der Waals surface area contributed by atoms with E-state index >= 15 is 0 Å². The van der Waals surface area contributed by atoms with Gasteiger partial charge in [0, 0.05) is 12.1 Å². The number of carbonyl (C=O) groups is 1. The molecule has 0 aromatic heterocycles. The fourth-order valence-electron chi connectivity index (χ4n) is 4.31. The number of methoxy groups -OCH3 is 3. The molecule has 1 fully saturated rings. The number of benzene rings is 2. The maximum Gasteiger partial charge on any atom is 0.255 e. The molecule has 2 aromatic carbocycles. The summed E-state index contributed by atoms with van der Waals surface area (Å²) >= 11 is 0. The Morgan fingerprint density at radius 1 is 0.909 bits per heavy atom. The number of nitrogens with two attached hydrogens (primary N) is 1. The summed E-state index contributed by atoms with van der Waals surface area (Å²) in [5.74, 6) is 1.80. The fraction of sp³-hybridized carbons (Fsp3) is 0.500. The number of hydrogen-bond acceptors (Lipinski definition) is 6. The Hall–Kier alpha value is -2.93. The molecule has 180 valence electrons. The summed E-state index contributed by atoms with van der Waals surface area (Å²) in [6, 6.07) is 9.49. The van der Waals surface area contributed by atoms with Crippen LogP contribution in [0.2, 0.25) is 0 Å². The SMILES string of the molecule is COc1c(Oc2ccc(CCN)cc2)cc(C(=O)NC2CCCCCCC2)c(OC)c1OC. The highest BCUT2D eigenvalue weighted by molar-refractivity contribution is 5.99. The van der Waals surface area contributed by atoms with Gasteiger partial charge in [0.1, 0.15) is 5.75 Å². The van der Waals surface area contributed by atoms with Crippen LogP contribution >= 0.6 is 0 Å². The molecule has 1 saturated carbocycles. The minimum atomic E-state index is -0.207. The predicted octanol–water partition coefficient (Wildman–Crippen LogP) is 4.85. The van der Waals surface area contributed by atoms with E-state index < -0.39 is 0 Å². The highest BCUT2D eigenvalue weighted by atomic mass is 16.5. The third-order valence-corrected chi connectivity index (χ3v) is 6.04. The van der Waals surface area contributed by atoms with Gasteiger partial charge in [-0.25, -0.2) is 0 Å². The Balaban J connectivity index is 1.92. The third-order valence-electron chi connectivity index (χ3n) is 6.04. The maximum atomic E-state index is 13.3. The molecule has 1 aliphatic carbocycles. The molecule has 7 heteroatoms. The molecule has 33 heavy (non-hydrogen) atoms. The van der Waals surface area contributed by atoms with Crippen molar-refractivity contribution in [3.05, 3.63) is 41.5 Å². The Bertz CT molecular complexity index is 906. The van der Waals surface area contributed by atoms with Crippen LogP contribution in [0.4, 0.5) is 0 Å². The zero-order valence-electron chi connectivity index (χ0n) is 19.9. The predicted molar refractivity (Wildman–Crippen MR) is 129 cm³/mol. The second-order valence-electron chi connectivity index (χ2n) is 8.32. The second-order valence-corrected chi connectivity index (χ2v) is 8.32. The van der Waals surface area contributed by atoms with Crippen LogP contribution < -0.4 is 30.0 Å². The van der Waals surface area contributed by atoms with Gasteiger partial charge in [-0.05, 0) is 43.5 Å². The topological polar surface area (TPSA) is 92.0 Å². The van der Waals surface area contributed by atoms with Crippen molar-refractivity contribution in [1.82, 2.24) is 5.32 Å². The molecule has 3 rings (SSSR count). The lowest BCUT2D eigenvalue weighted by atomic mass is 9.96. The van der Waals surface area contributed by atoms with E-state index in [0.29, 0.717) is 40.9 Å². The molecule has 0 unspecified atom stereocenters. The van der Waals surface area contributed by atoms with E-state index in [0.717, 1.165) is 37.7 Å². The van der Waals surface area contributed by atoms with Crippen LogP contribution in [0.3, 0.4) is 0 Å². The normalized spacial score (nSPS) is 14.7. The number of hydrogen-bond donors (Lipinski definition) is 2. The van der Waals surface area contributed by atoms with Crippen LogP contribution in [0.5, 0.6) is 28.7 Å². The molecular formula is C26H36N2O5. The lowest BCUT2D eigenvalue weighted by Crippen LogP contribution is -2.35. The second kappa shape index (κ2) is 12.3. The molecule has 0 spiro atoms. The highest BCUT2D eigenvalue weighted by Crippen LogP contribution is 2.48. The van der Waals surface area contributed by atoms with Gasteiger partial charge < -0.3 is 30.0 Å². The van der Waals surface area contributed by atoms with Crippen molar-refractivity contribution in [2.45, 2.75) is 57.4 Å². The largest absolute Gasteiger partial charge is 0.492 e. The first-order valence-electron chi connectivity index (χ1n) is 11.7. The summed E-state index contributed by atoms with van der Waals surface area (Å²) in [5.41, 5.74) is 7.12. The van der Waals surface area contributed by atoms with Gasteiger partial charge in [-0.1, -0.05) is 44.2 Å². The van der Waals surface area contributed by atoms with Crippen LogP contribution in [0.25, 0.3) is 0 Å². The van der Waals surface area contributed by atoms with E-state index in [9.17, 15) is 4.79 Å². The van der Waals surface area contributed by atoms with Crippen molar-refractivity contribution < 1.29 is 23.7 Å². The number of nitrogens with one attached hydrogen (secondary N) is 1. The first-order valence-corrected chi connectivity index (χ1v) is 11.7. The van der Waals surface area contributed by atoms with Gasteiger partial charge >= 0.3 is 0 Å². The molecular weight excluding hydrogens is 420 g/mol. The van der Waals surface area contributed by atoms with E-state index in [4.69, 9.17) is 24.7 Å². The molecule has 2 aromatic rings. The van der Waals surface area contributed by atoms with E-state index in [-0.39, 0.29) is 11.9 Å². The van der Waals surface area contributed by atoms with Crippen molar-refractivity contribution in [3.8, 4) is 28.7 Å². The standard InChI is InChI=1S/C26H36N2O5/c1-30-23-21(26(29)28-19-9-7-5-4-6-8-10-19)17-22(24(31-2)25(23)32-3)33-20-13-11-18(12-14-20)15-16-27/h11-14,17,19H,4-10,15-16,27H2,1-3H3,(H,28,29). The average molecular weight is 457 g/mol. The molecule has 0 bridgehead atoms. The Kier molecular flexibility index (Phi) is 9.24. The zero-order chi connectivity index (χ0) is 23.6. The van der Waals surface area contributed by atoms with Crippen LogP contribution in [0, 0.1) is 0 Å². The van der Waals surface area contributed by atoms with Crippen LogP contribution in [-0.4, -0.2) is 39.8 Å². The number of carbonyl (C=O) groups excluding carboxylic acids is 1. The number of ether oxygens (including phenoxy) is 4. The lowest BCUT2D eigenvalue weighted by molar-refractivity contribution is 0.0926. The van der Waals surface area contributed by atoms with Gasteiger partial charge in [-0.2, -0.15) is 0 Å². The maximum absolute atomic E-state index is 13.3. The average Bonchev–Trinajstić information content (AvgIpc) is 2.81. The van der Waals surface area contributed by atoms with Crippen LogP contribution in [0.15, 0.2) is 30.3 Å². The quantitative estimate of drug-likeness (QED) is 0.560. The number of amides is 1. The zero-order valence-corrected chi connectivity index (χ0v) is 19.9. The Morgan fingerprint density at radius 2 is 1.52 bits per heavy atom. The molecule has 0 saturated heterocycles. The van der Waals surface area contributed by atoms with Crippen LogP contribution in [-0.2, 0) is 6.42 Å². The molecule has 0 atom stereocenters. The van der Waals surface area contributed by atoms with Gasteiger partial charge in [0.05, 0.1) is 26.9 Å². The van der Waals surface area contributed by atoms with Gasteiger partial charge in [0.25, 0.3) is 5.91 Å². The summed E-state index contributed by atoms with van der Waals surface area (Å²) in [5, 5.41) is 3.20.